The maximum atomic E-state index is 12.1. The molecule has 11 heteroatoms. The Bertz CT molecular complexity index is 1200. The van der Waals surface area contributed by atoms with E-state index in [4.69, 9.17) is 28.4 Å². The third kappa shape index (κ3) is 6.38. The van der Waals surface area contributed by atoms with Crippen molar-refractivity contribution in [3.05, 3.63) is 47.5 Å². The summed E-state index contributed by atoms with van der Waals surface area (Å²) in [5.74, 6) is -2.99. The van der Waals surface area contributed by atoms with Crippen LogP contribution in [0.1, 0.15) is 58.0 Å². The lowest BCUT2D eigenvalue weighted by Crippen LogP contribution is -2.40. The Morgan fingerprint density at radius 1 is 0.667 bits per heavy atom. The minimum absolute atomic E-state index is 0.00830. The zero-order valence-corrected chi connectivity index (χ0v) is 20.2. The molecule has 0 fully saturated rings. The van der Waals surface area contributed by atoms with Crippen LogP contribution in [-0.4, -0.2) is 36.0 Å². The molecule has 0 bridgehead atoms. The van der Waals surface area contributed by atoms with Gasteiger partial charge in [-0.3, -0.25) is 24.0 Å². The number of rotatable bonds is 6. The Labute approximate surface area is 206 Å². The molecule has 0 N–H and O–H groups in total. The monoisotopic (exact) mass is 500 g/mol. The van der Waals surface area contributed by atoms with E-state index < -0.39 is 48.2 Å². The third-order valence-electron chi connectivity index (χ3n) is 4.79. The Hall–Kier alpha value is -4.41. The first-order valence-corrected chi connectivity index (χ1v) is 10.8. The van der Waals surface area contributed by atoms with Gasteiger partial charge in [0.05, 0.1) is 5.56 Å². The molecule has 3 rings (SSSR count). The van der Waals surface area contributed by atoms with E-state index in [0.29, 0.717) is 5.56 Å². The zero-order chi connectivity index (χ0) is 26.6. The highest BCUT2D eigenvalue weighted by atomic mass is 16.6. The Balaban J connectivity index is 2.19. The summed E-state index contributed by atoms with van der Waals surface area (Å²) in [6.07, 6.45) is -3.48. The van der Waals surface area contributed by atoms with E-state index in [2.05, 4.69) is 0 Å². The van der Waals surface area contributed by atoms with Crippen LogP contribution >= 0.6 is 0 Å². The number of ether oxygens (including phenoxy) is 6. The molecule has 2 aromatic carbocycles. The summed E-state index contributed by atoms with van der Waals surface area (Å²) < 4.78 is 32.7. The van der Waals surface area contributed by atoms with E-state index in [1.807, 2.05) is 0 Å². The van der Waals surface area contributed by atoms with Crippen LogP contribution in [0.2, 0.25) is 0 Å². The van der Waals surface area contributed by atoms with Crippen molar-refractivity contribution in [2.45, 2.75) is 52.9 Å². The lowest BCUT2D eigenvalue weighted by Gasteiger charge is -2.39. The first kappa shape index (κ1) is 26.2. The van der Waals surface area contributed by atoms with Crippen LogP contribution in [0.5, 0.6) is 23.0 Å². The van der Waals surface area contributed by atoms with Crippen molar-refractivity contribution in [2.75, 3.05) is 0 Å². The molecule has 0 radical (unpaired) electrons. The van der Waals surface area contributed by atoms with E-state index in [1.54, 1.807) is 12.1 Å². The van der Waals surface area contributed by atoms with Gasteiger partial charge in [0.25, 0.3) is 0 Å². The summed E-state index contributed by atoms with van der Waals surface area (Å²) in [4.78, 5) is 58.7. The van der Waals surface area contributed by atoms with Gasteiger partial charge >= 0.3 is 29.8 Å². The lowest BCUT2D eigenvalue weighted by molar-refractivity contribution is -0.178. The van der Waals surface area contributed by atoms with Crippen molar-refractivity contribution in [1.29, 1.82) is 0 Å². The van der Waals surface area contributed by atoms with E-state index in [-0.39, 0.29) is 28.6 Å². The number of carbonyl (C=O) groups excluding carboxylic acids is 5. The van der Waals surface area contributed by atoms with Crippen molar-refractivity contribution >= 4 is 29.8 Å². The Morgan fingerprint density at radius 3 is 1.75 bits per heavy atom. The molecule has 1 aliphatic heterocycles. The predicted octanol–water partition coefficient (Wildman–Crippen LogP) is 3.13. The summed E-state index contributed by atoms with van der Waals surface area (Å²) >= 11 is 0. The minimum Gasteiger partial charge on any atom is -0.481 e. The van der Waals surface area contributed by atoms with Crippen molar-refractivity contribution in [3.63, 3.8) is 0 Å². The highest BCUT2D eigenvalue weighted by Gasteiger charge is 2.46. The molecule has 0 aliphatic carbocycles. The highest BCUT2D eigenvalue weighted by Crippen LogP contribution is 2.50. The quantitative estimate of drug-likeness (QED) is 0.427. The van der Waals surface area contributed by atoms with Crippen LogP contribution in [0, 0.1) is 0 Å². The van der Waals surface area contributed by atoms with E-state index in [9.17, 15) is 24.0 Å². The number of benzene rings is 2. The van der Waals surface area contributed by atoms with E-state index >= 15 is 0 Å². The molecule has 1 heterocycles. The molecule has 0 aromatic heterocycles. The van der Waals surface area contributed by atoms with Gasteiger partial charge in [0.2, 0.25) is 0 Å². The SMILES string of the molecule is CC(=O)Oc1ccc([C@@H]2Oc3cc(OC(C)=O)cc(OC(C)=O)c3[C@H](OC(C)=O)[C@H]2OC(C)=O)cc1. The molecule has 190 valence electrons. The van der Waals surface area contributed by atoms with Gasteiger partial charge in [-0.2, -0.15) is 0 Å². The molecule has 0 amide bonds. The molecule has 1 aliphatic rings. The molecule has 0 spiro atoms. The molecule has 0 saturated heterocycles. The summed E-state index contributed by atoms with van der Waals surface area (Å²) in [6, 6.07) is 8.82. The molecular formula is C25H24O11. The van der Waals surface area contributed by atoms with Crippen molar-refractivity contribution in [3.8, 4) is 23.0 Å². The van der Waals surface area contributed by atoms with Crippen LogP contribution in [-0.2, 0) is 33.4 Å². The average Bonchev–Trinajstić information content (AvgIpc) is 2.73. The molecule has 36 heavy (non-hydrogen) atoms. The van der Waals surface area contributed by atoms with Crippen LogP contribution in [0.3, 0.4) is 0 Å². The molecule has 11 nitrogen and oxygen atoms in total. The summed E-state index contributed by atoms with van der Waals surface area (Å²) in [5.41, 5.74) is 0.585. The zero-order valence-electron chi connectivity index (χ0n) is 20.2. The Kier molecular flexibility index (Phi) is 7.93. The first-order valence-electron chi connectivity index (χ1n) is 10.8. The summed E-state index contributed by atoms with van der Waals surface area (Å²) in [7, 11) is 0. The van der Waals surface area contributed by atoms with Crippen LogP contribution < -0.4 is 18.9 Å². The second-order valence-electron chi connectivity index (χ2n) is 7.83. The van der Waals surface area contributed by atoms with Crippen molar-refractivity contribution in [2.24, 2.45) is 0 Å². The normalized spacial score (nSPS) is 18.1. The second kappa shape index (κ2) is 10.9. The van der Waals surface area contributed by atoms with Gasteiger partial charge in [-0.15, -0.1) is 0 Å². The van der Waals surface area contributed by atoms with Gasteiger partial charge < -0.3 is 28.4 Å². The number of esters is 5. The van der Waals surface area contributed by atoms with Crippen molar-refractivity contribution < 1.29 is 52.4 Å². The number of hydrogen-bond donors (Lipinski definition) is 0. The van der Waals surface area contributed by atoms with Gasteiger partial charge in [-0.1, -0.05) is 12.1 Å². The second-order valence-corrected chi connectivity index (χ2v) is 7.83. The van der Waals surface area contributed by atoms with Gasteiger partial charge in [-0.05, 0) is 17.7 Å². The lowest BCUT2D eigenvalue weighted by atomic mass is 9.90. The first-order chi connectivity index (χ1) is 16.9. The maximum Gasteiger partial charge on any atom is 0.308 e. The number of fused-ring (bicyclic) bond motifs is 1. The summed E-state index contributed by atoms with van der Waals surface area (Å²) in [5, 5.41) is 0. The van der Waals surface area contributed by atoms with E-state index in [0.717, 1.165) is 6.92 Å². The number of carbonyl (C=O) groups is 5. The fourth-order valence-electron chi connectivity index (χ4n) is 3.72. The van der Waals surface area contributed by atoms with Gasteiger partial charge in [0.15, 0.2) is 18.3 Å². The average molecular weight is 500 g/mol. The van der Waals surface area contributed by atoms with Gasteiger partial charge in [-0.25, -0.2) is 0 Å². The van der Waals surface area contributed by atoms with Crippen LogP contribution in [0.25, 0.3) is 0 Å². The van der Waals surface area contributed by atoms with Crippen LogP contribution in [0.4, 0.5) is 0 Å². The van der Waals surface area contributed by atoms with Crippen molar-refractivity contribution in [1.82, 2.24) is 0 Å². The maximum absolute atomic E-state index is 12.1. The Morgan fingerprint density at radius 2 is 1.22 bits per heavy atom. The molecule has 0 saturated carbocycles. The largest absolute Gasteiger partial charge is 0.481 e. The highest BCUT2D eigenvalue weighted by molar-refractivity contribution is 5.74. The van der Waals surface area contributed by atoms with Gasteiger partial charge in [0.1, 0.15) is 23.0 Å². The van der Waals surface area contributed by atoms with Crippen LogP contribution in [0.15, 0.2) is 36.4 Å². The number of hydrogen-bond acceptors (Lipinski definition) is 11. The molecule has 0 unspecified atom stereocenters. The standard InChI is InChI=1S/C25H24O11/c1-12(26)31-18-8-6-17(7-9-18)23-25(35-16(5)30)24(34-15(4)29)22-20(33-14(3)28)10-19(32-13(2)27)11-21(22)36-23/h6-11,23-25H,1-5H3/t23-,24-,25-/m0/s1. The molecular weight excluding hydrogens is 476 g/mol. The predicted molar refractivity (Wildman–Crippen MR) is 120 cm³/mol. The van der Waals surface area contributed by atoms with Gasteiger partial charge in [0, 0.05) is 46.8 Å². The topological polar surface area (TPSA) is 141 Å². The fourth-order valence-corrected chi connectivity index (χ4v) is 3.72. The van der Waals surface area contributed by atoms with E-state index in [1.165, 1.54) is 52.0 Å². The summed E-state index contributed by atoms with van der Waals surface area (Å²) in [6.45, 7) is 5.96. The smallest absolute Gasteiger partial charge is 0.308 e. The minimum atomic E-state index is -1.26. The third-order valence-corrected chi connectivity index (χ3v) is 4.79. The fraction of sp³-hybridized carbons (Fsp3) is 0.320. The molecule has 3 atom stereocenters. The molecule has 2 aromatic rings.